The summed E-state index contributed by atoms with van der Waals surface area (Å²) in [5, 5.41) is 0. The molecule has 1 amide bonds. The molecule has 4 heteroatoms. The summed E-state index contributed by atoms with van der Waals surface area (Å²) in [5.74, 6) is 1.21. The molecule has 1 aromatic rings. The molecule has 0 spiro atoms. The second kappa shape index (κ2) is 7.51. The lowest BCUT2D eigenvalue weighted by Gasteiger charge is -2.36. The van der Waals surface area contributed by atoms with Crippen LogP contribution in [0, 0.1) is 0 Å². The third kappa shape index (κ3) is 3.66. The first-order valence-electron chi connectivity index (χ1n) is 8.39. The van der Waals surface area contributed by atoms with Crippen LogP contribution in [-0.2, 0) is 5.75 Å². The van der Waals surface area contributed by atoms with Crippen molar-refractivity contribution in [2.24, 2.45) is 0 Å². The smallest absolute Gasteiger partial charge is 0.253 e. The van der Waals surface area contributed by atoms with E-state index in [1.807, 2.05) is 28.8 Å². The SMILES string of the molecule is CSCc1ccc(C(=O)N2CCC(N3CCCC3)CC2)cc1. The molecule has 2 saturated heterocycles. The van der Waals surface area contributed by atoms with E-state index in [1.165, 1.54) is 31.5 Å². The fourth-order valence-electron chi connectivity index (χ4n) is 3.63. The zero-order valence-corrected chi connectivity index (χ0v) is 14.3. The number of piperidine rings is 1. The third-order valence-electron chi connectivity index (χ3n) is 4.92. The monoisotopic (exact) mass is 318 g/mol. The van der Waals surface area contributed by atoms with Crippen molar-refractivity contribution in [2.45, 2.75) is 37.5 Å². The van der Waals surface area contributed by atoms with E-state index in [1.54, 1.807) is 0 Å². The molecule has 2 aliphatic heterocycles. The van der Waals surface area contributed by atoms with Gasteiger partial charge in [-0.25, -0.2) is 0 Å². The number of rotatable bonds is 4. The first kappa shape index (κ1) is 15.9. The van der Waals surface area contributed by atoms with Crippen LogP contribution in [0.4, 0.5) is 0 Å². The number of thioether (sulfide) groups is 1. The molecule has 0 saturated carbocycles. The average molecular weight is 318 g/mol. The van der Waals surface area contributed by atoms with Gasteiger partial charge in [-0.05, 0) is 62.7 Å². The van der Waals surface area contributed by atoms with E-state index in [4.69, 9.17) is 0 Å². The van der Waals surface area contributed by atoms with Crippen molar-refractivity contribution < 1.29 is 4.79 Å². The van der Waals surface area contributed by atoms with E-state index in [9.17, 15) is 4.79 Å². The molecule has 0 aliphatic carbocycles. The van der Waals surface area contributed by atoms with Crippen LogP contribution in [0.1, 0.15) is 41.6 Å². The summed E-state index contributed by atoms with van der Waals surface area (Å²) in [6.07, 6.45) is 7.07. The molecular weight excluding hydrogens is 292 g/mol. The molecular formula is C18H26N2OS. The van der Waals surface area contributed by atoms with Gasteiger partial charge in [0.2, 0.25) is 0 Å². The van der Waals surface area contributed by atoms with Crippen LogP contribution < -0.4 is 0 Å². The Kier molecular flexibility index (Phi) is 5.42. The maximum Gasteiger partial charge on any atom is 0.253 e. The van der Waals surface area contributed by atoms with Gasteiger partial charge >= 0.3 is 0 Å². The minimum absolute atomic E-state index is 0.204. The zero-order valence-electron chi connectivity index (χ0n) is 13.5. The Bertz CT molecular complexity index is 488. The summed E-state index contributed by atoms with van der Waals surface area (Å²) in [6, 6.07) is 8.85. The first-order valence-corrected chi connectivity index (χ1v) is 9.78. The van der Waals surface area contributed by atoms with Crippen LogP contribution in [-0.4, -0.2) is 54.2 Å². The van der Waals surface area contributed by atoms with Crippen LogP contribution in [0.2, 0.25) is 0 Å². The molecule has 2 fully saturated rings. The van der Waals surface area contributed by atoms with Gasteiger partial charge in [0.1, 0.15) is 0 Å². The normalized spacial score (nSPS) is 20.5. The van der Waals surface area contributed by atoms with Gasteiger partial charge in [-0.3, -0.25) is 4.79 Å². The van der Waals surface area contributed by atoms with Crippen molar-refractivity contribution in [3.8, 4) is 0 Å². The summed E-state index contributed by atoms with van der Waals surface area (Å²) in [7, 11) is 0. The van der Waals surface area contributed by atoms with Crippen molar-refractivity contribution in [1.29, 1.82) is 0 Å². The quantitative estimate of drug-likeness (QED) is 0.851. The first-order chi connectivity index (χ1) is 10.8. The van der Waals surface area contributed by atoms with Crippen molar-refractivity contribution in [3.05, 3.63) is 35.4 Å². The minimum atomic E-state index is 0.204. The van der Waals surface area contributed by atoms with Crippen molar-refractivity contribution in [2.75, 3.05) is 32.4 Å². The molecule has 0 aromatic heterocycles. The lowest BCUT2D eigenvalue weighted by atomic mass is 10.0. The predicted octanol–water partition coefficient (Wildman–Crippen LogP) is 3.25. The summed E-state index contributed by atoms with van der Waals surface area (Å²) >= 11 is 1.81. The van der Waals surface area contributed by atoms with Gasteiger partial charge in [0.15, 0.2) is 0 Å². The number of hydrogen-bond acceptors (Lipinski definition) is 3. The predicted molar refractivity (Wildman–Crippen MR) is 93.4 cm³/mol. The van der Waals surface area contributed by atoms with Gasteiger partial charge in [-0.2, -0.15) is 11.8 Å². The molecule has 0 radical (unpaired) electrons. The minimum Gasteiger partial charge on any atom is -0.339 e. The highest BCUT2D eigenvalue weighted by molar-refractivity contribution is 7.97. The molecule has 2 heterocycles. The fourth-order valence-corrected chi connectivity index (χ4v) is 4.16. The molecule has 0 atom stereocenters. The topological polar surface area (TPSA) is 23.6 Å². The Morgan fingerprint density at radius 3 is 2.32 bits per heavy atom. The van der Waals surface area contributed by atoms with E-state index < -0.39 is 0 Å². The number of hydrogen-bond donors (Lipinski definition) is 0. The molecule has 0 bridgehead atoms. The average Bonchev–Trinajstić information content (AvgIpc) is 3.10. The zero-order chi connectivity index (χ0) is 15.4. The highest BCUT2D eigenvalue weighted by atomic mass is 32.2. The fraction of sp³-hybridized carbons (Fsp3) is 0.611. The summed E-state index contributed by atoms with van der Waals surface area (Å²) in [6.45, 7) is 4.34. The van der Waals surface area contributed by atoms with Gasteiger partial charge in [-0.15, -0.1) is 0 Å². The van der Waals surface area contributed by atoms with Crippen LogP contribution in [0.25, 0.3) is 0 Å². The van der Waals surface area contributed by atoms with E-state index in [2.05, 4.69) is 23.3 Å². The van der Waals surface area contributed by atoms with Gasteiger partial charge < -0.3 is 9.80 Å². The largest absolute Gasteiger partial charge is 0.339 e. The lowest BCUT2D eigenvalue weighted by Crippen LogP contribution is -2.45. The molecule has 2 aliphatic rings. The third-order valence-corrected chi connectivity index (χ3v) is 5.54. The maximum absolute atomic E-state index is 12.6. The molecule has 3 rings (SSSR count). The van der Waals surface area contributed by atoms with E-state index in [0.29, 0.717) is 6.04 Å². The highest BCUT2D eigenvalue weighted by Gasteiger charge is 2.28. The molecule has 0 unspecified atom stereocenters. The van der Waals surface area contributed by atoms with Crippen LogP contribution in [0.3, 0.4) is 0 Å². The molecule has 3 nitrogen and oxygen atoms in total. The molecule has 22 heavy (non-hydrogen) atoms. The van der Waals surface area contributed by atoms with Crippen molar-refractivity contribution in [3.63, 3.8) is 0 Å². The van der Waals surface area contributed by atoms with Gasteiger partial charge in [0, 0.05) is 30.4 Å². The second-order valence-corrected chi connectivity index (χ2v) is 7.26. The van der Waals surface area contributed by atoms with E-state index >= 15 is 0 Å². The van der Waals surface area contributed by atoms with E-state index in [-0.39, 0.29) is 5.91 Å². The van der Waals surface area contributed by atoms with Crippen LogP contribution >= 0.6 is 11.8 Å². The Labute approximate surface area is 138 Å². The highest BCUT2D eigenvalue weighted by Crippen LogP contribution is 2.22. The summed E-state index contributed by atoms with van der Waals surface area (Å²) in [5.41, 5.74) is 2.13. The number of benzene rings is 1. The lowest BCUT2D eigenvalue weighted by molar-refractivity contribution is 0.0644. The van der Waals surface area contributed by atoms with E-state index in [0.717, 1.165) is 37.2 Å². The van der Waals surface area contributed by atoms with Gasteiger partial charge in [0.25, 0.3) is 5.91 Å². The Morgan fingerprint density at radius 2 is 1.73 bits per heavy atom. The summed E-state index contributed by atoms with van der Waals surface area (Å²) in [4.78, 5) is 17.3. The van der Waals surface area contributed by atoms with Crippen molar-refractivity contribution in [1.82, 2.24) is 9.80 Å². The second-order valence-electron chi connectivity index (χ2n) is 6.40. The van der Waals surface area contributed by atoms with Crippen molar-refractivity contribution >= 4 is 17.7 Å². The number of carbonyl (C=O) groups excluding carboxylic acids is 1. The number of likely N-dealkylation sites (tertiary alicyclic amines) is 2. The molecule has 1 aromatic carbocycles. The molecule has 0 N–H and O–H groups in total. The van der Waals surface area contributed by atoms with Gasteiger partial charge in [-0.1, -0.05) is 12.1 Å². The van der Waals surface area contributed by atoms with Crippen LogP contribution in [0.15, 0.2) is 24.3 Å². The Morgan fingerprint density at radius 1 is 1.09 bits per heavy atom. The van der Waals surface area contributed by atoms with Crippen LogP contribution in [0.5, 0.6) is 0 Å². The standard InChI is InChI=1S/C18H26N2OS/c1-22-14-15-4-6-16(7-5-15)18(21)20-12-8-17(9-13-20)19-10-2-3-11-19/h4-7,17H,2-3,8-14H2,1H3. The summed E-state index contributed by atoms with van der Waals surface area (Å²) < 4.78 is 0. The Hall–Kier alpha value is -1.00. The number of amides is 1. The number of nitrogens with zero attached hydrogens (tertiary/aromatic N) is 2. The van der Waals surface area contributed by atoms with Gasteiger partial charge in [0.05, 0.1) is 0 Å². The Balaban J connectivity index is 1.54. The number of carbonyl (C=O) groups is 1. The molecule has 120 valence electrons. The maximum atomic E-state index is 12.6.